The second-order valence-corrected chi connectivity index (χ2v) is 7.08. The van der Waals surface area contributed by atoms with Crippen molar-refractivity contribution in [2.24, 2.45) is 5.92 Å². The van der Waals surface area contributed by atoms with E-state index in [1.807, 2.05) is 23.6 Å². The maximum atomic E-state index is 13.2. The molecule has 1 atom stereocenters. The maximum absolute atomic E-state index is 13.2. The molecule has 0 bridgehead atoms. The summed E-state index contributed by atoms with van der Waals surface area (Å²) >= 11 is 0. The zero-order valence-electron chi connectivity index (χ0n) is 15.5. The maximum Gasteiger partial charge on any atom is 0.254 e. The minimum absolute atomic E-state index is 0. The van der Waals surface area contributed by atoms with Crippen LogP contribution in [0.25, 0.3) is 0 Å². The van der Waals surface area contributed by atoms with Gasteiger partial charge in [-0.1, -0.05) is 45.0 Å². The van der Waals surface area contributed by atoms with E-state index in [9.17, 15) is 9.59 Å². The van der Waals surface area contributed by atoms with Crippen molar-refractivity contribution in [3.63, 3.8) is 0 Å². The van der Waals surface area contributed by atoms with Crippen molar-refractivity contribution in [1.82, 2.24) is 4.57 Å². The first-order valence-corrected chi connectivity index (χ1v) is 8.71. The summed E-state index contributed by atoms with van der Waals surface area (Å²) in [5.74, 6) is 1.31. The van der Waals surface area contributed by atoms with Gasteiger partial charge in [-0.15, -0.1) is 0 Å². The Hall–Kier alpha value is -1.75. The van der Waals surface area contributed by atoms with Crippen molar-refractivity contribution in [2.45, 2.75) is 53.6 Å². The summed E-state index contributed by atoms with van der Waals surface area (Å²) in [6.45, 7) is 11.2. The predicted molar refractivity (Wildman–Crippen MR) is 92.5 cm³/mol. The molecule has 0 saturated heterocycles. The minimum atomic E-state index is -0.0361. The van der Waals surface area contributed by atoms with Gasteiger partial charge in [-0.2, -0.15) is 0 Å². The third-order valence-electron chi connectivity index (χ3n) is 4.90. The Bertz CT molecular complexity index is 836. The number of imidazole rings is 1. The molecule has 1 aromatic heterocycles. The third kappa shape index (κ3) is 2.99. The molecule has 1 aromatic carbocycles. The normalized spacial score (nSPS) is 14.2. The lowest BCUT2D eigenvalue weighted by Crippen LogP contribution is -3.00. The minimum Gasteiger partial charge on any atom is -1.00 e. The number of nitrogens with zero attached hydrogens (tertiary/aromatic N) is 2. The van der Waals surface area contributed by atoms with Crippen molar-refractivity contribution < 1.29 is 31.1 Å². The second kappa shape index (κ2) is 7.24. The van der Waals surface area contributed by atoms with Crippen LogP contribution in [0.15, 0.2) is 24.3 Å². The Morgan fingerprint density at radius 1 is 1.04 bits per heavy atom. The number of halogens is 1. The van der Waals surface area contributed by atoms with E-state index in [2.05, 4.69) is 32.3 Å². The van der Waals surface area contributed by atoms with Crippen LogP contribution in [0.4, 0.5) is 0 Å². The molecule has 0 fully saturated rings. The highest BCUT2D eigenvalue weighted by molar-refractivity contribution is 6.26. The molecular formula is C20H25BrN2O2. The fraction of sp³-hybridized carbons (Fsp3) is 0.450. The SMILES string of the molecule is CCC(C)n1c2c([n+](CC(C)C)c1C)C(=O)c1ccccc1C2=O.[Br-]. The molecule has 0 radical (unpaired) electrons. The number of benzene rings is 1. The molecule has 3 rings (SSSR count). The smallest absolute Gasteiger partial charge is 0.254 e. The molecule has 0 aliphatic heterocycles. The van der Waals surface area contributed by atoms with Gasteiger partial charge in [0.1, 0.15) is 0 Å². The molecular weight excluding hydrogens is 380 g/mol. The van der Waals surface area contributed by atoms with Crippen LogP contribution in [0, 0.1) is 12.8 Å². The largest absolute Gasteiger partial charge is 1.00 e. The number of rotatable bonds is 4. The monoisotopic (exact) mass is 404 g/mol. The van der Waals surface area contributed by atoms with Gasteiger partial charge in [0.15, 0.2) is 0 Å². The van der Waals surface area contributed by atoms with E-state index >= 15 is 0 Å². The highest BCUT2D eigenvalue weighted by Gasteiger charge is 2.43. The molecule has 1 aliphatic rings. The van der Waals surface area contributed by atoms with Crippen molar-refractivity contribution in [3.8, 4) is 0 Å². The Labute approximate surface area is 159 Å². The molecule has 25 heavy (non-hydrogen) atoms. The number of fused-ring (bicyclic) bond motifs is 2. The summed E-state index contributed by atoms with van der Waals surface area (Å²) in [7, 11) is 0. The molecule has 1 heterocycles. The quantitative estimate of drug-likeness (QED) is 0.593. The number of hydrogen-bond acceptors (Lipinski definition) is 2. The first-order valence-electron chi connectivity index (χ1n) is 8.71. The van der Waals surface area contributed by atoms with E-state index in [1.165, 1.54) is 0 Å². The van der Waals surface area contributed by atoms with Crippen LogP contribution in [0.1, 0.15) is 78.1 Å². The summed E-state index contributed by atoms with van der Waals surface area (Å²) in [5, 5.41) is 0. The van der Waals surface area contributed by atoms with Crippen molar-refractivity contribution in [2.75, 3.05) is 0 Å². The van der Waals surface area contributed by atoms with Gasteiger partial charge in [0.25, 0.3) is 5.82 Å². The molecule has 0 N–H and O–H groups in total. The van der Waals surface area contributed by atoms with Crippen LogP contribution >= 0.6 is 0 Å². The number of ketones is 2. The van der Waals surface area contributed by atoms with E-state index in [-0.39, 0.29) is 34.6 Å². The summed E-state index contributed by atoms with van der Waals surface area (Å²) in [6.07, 6.45) is 0.909. The Kier molecular flexibility index (Phi) is 5.67. The molecule has 0 saturated carbocycles. The molecule has 2 aromatic rings. The summed E-state index contributed by atoms with van der Waals surface area (Å²) in [4.78, 5) is 26.3. The number of carbonyl (C=O) groups is 2. The third-order valence-corrected chi connectivity index (χ3v) is 4.90. The Balaban J connectivity index is 0.00000225. The zero-order chi connectivity index (χ0) is 17.6. The van der Waals surface area contributed by atoms with Gasteiger partial charge >= 0.3 is 0 Å². The summed E-state index contributed by atoms with van der Waals surface area (Å²) in [6, 6.07) is 7.33. The molecule has 4 nitrogen and oxygen atoms in total. The predicted octanol–water partition coefficient (Wildman–Crippen LogP) is 0.490. The van der Waals surface area contributed by atoms with Gasteiger partial charge in [-0.05, 0) is 19.3 Å². The lowest BCUT2D eigenvalue weighted by molar-refractivity contribution is -0.709. The van der Waals surface area contributed by atoms with Gasteiger partial charge < -0.3 is 17.0 Å². The molecule has 134 valence electrons. The fourth-order valence-electron chi connectivity index (χ4n) is 3.59. The van der Waals surface area contributed by atoms with Crippen LogP contribution in [0.3, 0.4) is 0 Å². The van der Waals surface area contributed by atoms with Crippen LogP contribution < -0.4 is 21.5 Å². The highest BCUT2D eigenvalue weighted by atomic mass is 79.9. The standard InChI is InChI=1S/C20H25N2O2.BrH/c1-6-13(4)22-14(5)21(11-12(2)3)17-18(22)20(24)16-10-8-7-9-15(16)19(17)23;/h7-10,12-13H,6,11H2,1-5H3;1H/q+1;/p-1. The topological polar surface area (TPSA) is 43.0 Å². The van der Waals surface area contributed by atoms with Gasteiger partial charge in [0, 0.05) is 18.1 Å². The Morgan fingerprint density at radius 2 is 1.60 bits per heavy atom. The summed E-state index contributed by atoms with van der Waals surface area (Å²) in [5.41, 5.74) is 2.17. The first-order chi connectivity index (χ1) is 11.4. The molecule has 0 spiro atoms. The van der Waals surface area contributed by atoms with Crippen LogP contribution in [-0.4, -0.2) is 16.1 Å². The van der Waals surface area contributed by atoms with E-state index in [4.69, 9.17) is 0 Å². The lowest BCUT2D eigenvalue weighted by Gasteiger charge is -2.14. The van der Waals surface area contributed by atoms with Crippen LogP contribution in [-0.2, 0) is 6.54 Å². The van der Waals surface area contributed by atoms with Crippen LogP contribution in [0.2, 0.25) is 0 Å². The van der Waals surface area contributed by atoms with E-state index < -0.39 is 0 Å². The van der Waals surface area contributed by atoms with E-state index in [1.54, 1.807) is 12.1 Å². The van der Waals surface area contributed by atoms with Gasteiger partial charge in [-0.3, -0.25) is 9.59 Å². The van der Waals surface area contributed by atoms with Crippen molar-refractivity contribution >= 4 is 11.6 Å². The molecule has 5 heteroatoms. The number of hydrogen-bond donors (Lipinski definition) is 0. The fourth-order valence-corrected chi connectivity index (χ4v) is 3.59. The molecule has 1 unspecified atom stereocenters. The number of carbonyl (C=O) groups excluding carboxylic acids is 2. The van der Waals surface area contributed by atoms with E-state index in [0.29, 0.717) is 28.4 Å². The van der Waals surface area contributed by atoms with E-state index in [0.717, 1.165) is 18.8 Å². The number of aromatic nitrogens is 2. The zero-order valence-corrected chi connectivity index (χ0v) is 17.1. The lowest BCUT2D eigenvalue weighted by atomic mass is 9.89. The molecule has 1 aliphatic carbocycles. The average molecular weight is 405 g/mol. The van der Waals surface area contributed by atoms with Gasteiger partial charge in [-0.25, -0.2) is 9.13 Å². The van der Waals surface area contributed by atoms with Crippen molar-refractivity contribution in [1.29, 1.82) is 0 Å². The summed E-state index contributed by atoms with van der Waals surface area (Å²) < 4.78 is 4.11. The van der Waals surface area contributed by atoms with Gasteiger partial charge in [0.05, 0.1) is 12.6 Å². The second-order valence-electron chi connectivity index (χ2n) is 7.08. The van der Waals surface area contributed by atoms with Crippen LogP contribution in [0.5, 0.6) is 0 Å². The average Bonchev–Trinajstić information content (AvgIpc) is 2.85. The Morgan fingerprint density at radius 3 is 2.12 bits per heavy atom. The highest BCUT2D eigenvalue weighted by Crippen LogP contribution is 2.29. The van der Waals surface area contributed by atoms with Crippen molar-refractivity contribution in [3.05, 3.63) is 52.6 Å². The van der Waals surface area contributed by atoms with Gasteiger partial charge in [0.2, 0.25) is 23.0 Å². The first kappa shape index (κ1) is 19.6. The molecule has 0 amide bonds.